The number of nitrogens with zero attached hydrogens (tertiary/aromatic N) is 1. The standard InChI is InChI=1S/C14H19N3OS/c1-5-9-6-7-10(19-9)13(18)15-12-8-11(16-17-12)14(2,3)4/h6-8H,5H2,1-4H3,(H2,15,16,17,18). The molecule has 0 spiro atoms. The number of aromatic nitrogens is 2. The maximum atomic E-state index is 12.0. The Labute approximate surface area is 117 Å². The van der Waals surface area contributed by atoms with Gasteiger partial charge >= 0.3 is 0 Å². The van der Waals surface area contributed by atoms with Crippen molar-refractivity contribution in [3.05, 3.63) is 33.6 Å². The number of amides is 1. The van der Waals surface area contributed by atoms with Crippen LogP contribution in [0.1, 0.15) is 47.9 Å². The molecule has 0 saturated carbocycles. The molecule has 0 aromatic carbocycles. The molecule has 2 aromatic heterocycles. The highest BCUT2D eigenvalue weighted by Crippen LogP contribution is 2.23. The number of carbonyl (C=O) groups excluding carboxylic acids is 1. The van der Waals surface area contributed by atoms with E-state index in [1.807, 2.05) is 18.2 Å². The summed E-state index contributed by atoms with van der Waals surface area (Å²) < 4.78 is 0. The normalized spacial score (nSPS) is 11.6. The van der Waals surface area contributed by atoms with E-state index in [0.717, 1.165) is 17.0 Å². The van der Waals surface area contributed by atoms with E-state index >= 15 is 0 Å². The Kier molecular flexibility index (Phi) is 3.75. The van der Waals surface area contributed by atoms with Gasteiger partial charge in [-0.2, -0.15) is 5.10 Å². The first-order valence-electron chi connectivity index (χ1n) is 6.36. The molecule has 0 fully saturated rings. The van der Waals surface area contributed by atoms with Crippen molar-refractivity contribution in [3.63, 3.8) is 0 Å². The minimum atomic E-state index is -0.100. The van der Waals surface area contributed by atoms with Gasteiger partial charge in [0.05, 0.1) is 4.88 Å². The summed E-state index contributed by atoms with van der Waals surface area (Å²) in [6.07, 6.45) is 0.953. The van der Waals surface area contributed by atoms with Gasteiger partial charge in [0, 0.05) is 22.1 Å². The maximum Gasteiger partial charge on any atom is 0.266 e. The number of thiophene rings is 1. The van der Waals surface area contributed by atoms with Gasteiger partial charge in [-0.1, -0.05) is 27.7 Å². The third-order valence-corrected chi connectivity index (χ3v) is 4.09. The lowest BCUT2D eigenvalue weighted by Crippen LogP contribution is -2.11. The molecule has 2 rings (SSSR count). The van der Waals surface area contributed by atoms with Gasteiger partial charge in [0.15, 0.2) is 5.82 Å². The quantitative estimate of drug-likeness (QED) is 0.901. The van der Waals surface area contributed by atoms with Crippen molar-refractivity contribution in [2.45, 2.75) is 39.5 Å². The first-order chi connectivity index (χ1) is 8.90. The van der Waals surface area contributed by atoms with E-state index < -0.39 is 0 Å². The summed E-state index contributed by atoms with van der Waals surface area (Å²) in [5.41, 5.74) is 0.997. The summed E-state index contributed by atoms with van der Waals surface area (Å²) in [5.74, 6) is 0.470. The van der Waals surface area contributed by atoms with Crippen LogP contribution in [0.25, 0.3) is 0 Å². The monoisotopic (exact) mass is 277 g/mol. The third kappa shape index (κ3) is 3.23. The minimum absolute atomic E-state index is 0.00566. The molecule has 2 heterocycles. The number of nitrogens with one attached hydrogen (secondary N) is 2. The summed E-state index contributed by atoms with van der Waals surface area (Å²) in [6.45, 7) is 8.37. The molecule has 0 bridgehead atoms. The molecule has 5 heteroatoms. The van der Waals surface area contributed by atoms with E-state index in [0.29, 0.717) is 5.82 Å². The Balaban J connectivity index is 2.09. The molecule has 0 radical (unpaired) electrons. The van der Waals surface area contributed by atoms with Crippen molar-refractivity contribution in [1.29, 1.82) is 0 Å². The first kappa shape index (κ1) is 13.8. The predicted octanol–water partition coefficient (Wildman–Crippen LogP) is 3.58. The smallest absolute Gasteiger partial charge is 0.266 e. The van der Waals surface area contributed by atoms with Crippen LogP contribution in [-0.2, 0) is 11.8 Å². The van der Waals surface area contributed by atoms with Crippen molar-refractivity contribution in [2.75, 3.05) is 5.32 Å². The third-order valence-electron chi connectivity index (χ3n) is 2.86. The van der Waals surface area contributed by atoms with Crippen LogP contribution in [0.3, 0.4) is 0 Å². The average Bonchev–Trinajstić information content (AvgIpc) is 2.95. The Morgan fingerprint density at radius 2 is 2.16 bits per heavy atom. The molecule has 19 heavy (non-hydrogen) atoms. The summed E-state index contributed by atoms with van der Waals surface area (Å²) in [6, 6.07) is 5.73. The largest absolute Gasteiger partial charge is 0.304 e. The summed E-state index contributed by atoms with van der Waals surface area (Å²) in [7, 11) is 0. The molecule has 2 N–H and O–H groups in total. The zero-order valence-corrected chi connectivity index (χ0v) is 12.5. The number of aromatic amines is 1. The molecule has 2 aromatic rings. The SMILES string of the molecule is CCc1ccc(C(=O)Nc2cc(C(C)(C)C)[nH]n2)s1. The Morgan fingerprint density at radius 1 is 1.42 bits per heavy atom. The minimum Gasteiger partial charge on any atom is -0.304 e. The van der Waals surface area contributed by atoms with Crippen molar-refractivity contribution >= 4 is 23.1 Å². The summed E-state index contributed by atoms with van der Waals surface area (Å²) in [4.78, 5) is 14.0. The molecular weight excluding hydrogens is 258 g/mol. The molecule has 1 amide bonds. The first-order valence-corrected chi connectivity index (χ1v) is 7.17. The number of aryl methyl sites for hydroxylation is 1. The molecular formula is C14H19N3OS. The molecule has 0 aliphatic carbocycles. The lowest BCUT2D eigenvalue weighted by atomic mass is 9.92. The van der Waals surface area contributed by atoms with Crippen molar-refractivity contribution < 1.29 is 4.79 Å². The Bertz CT molecular complexity index is 578. The second-order valence-electron chi connectivity index (χ2n) is 5.49. The van der Waals surface area contributed by atoms with Gasteiger partial charge in [-0.25, -0.2) is 0 Å². The van der Waals surface area contributed by atoms with Crippen LogP contribution in [0.4, 0.5) is 5.82 Å². The van der Waals surface area contributed by atoms with Crippen molar-refractivity contribution in [3.8, 4) is 0 Å². The van der Waals surface area contributed by atoms with E-state index in [2.05, 4.69) is 43.2 Å². The summed E-state index contributed by atoms with van der Waals surface area (Å²) in [5, 5.41) is 9.90. The molecule has 0 atom stereocenters. The van der Waals surface area contributed by atoms with Crippen LogP contribution < -0.4 is 5.32 Å². The molecule has 0 aliphatic heterocycles. The fourth-order valence-corrected chi connectivity index (χ4v) is 2.48. The lowest BCUT2D eigenvalue weighted by molar-refractivity contribution is 0.103. The fraction of sp³-hybridized carbons (Fsp3) is 0.429. The van der Waals surface area contributed by atoms with Crippen LogP contribution in [0.15, 0.2) is 18.2 Å². The van der Waals surface area contributed by atoms with E-state index in [9.17, 15) is 4.79 Å². The van der Waals surface area contributed by atoms with Crippen LogP contribution in [0.5, 0.6) is 0 Å². The van der Waals surface area contributed by atoms with Crippen LogP contribution >= 0.6 is 11.3 Å². The zero-order valence-electron chi connectivity index (χ0n) is 11.7. The highest BCUT2D eigenvalue weighted by Gasteiger charge is 2.18. The number of hydrogen-bond acceptors (Lipinski definition) is 3. The number of rotatable bonds is 3. The molecule has 0 unspecified atom stereocenters. The van der Waals surface area contributed by atoms with Crippen molar-refractivity contribution in [1.82, 2.24) is 10.2 Å². The number of hydrogen-bond donors (Lipinski definition) is 2. The number of carbonyl (C=O) groups is 1. The van der Waals surface area contributed by atoms with Gasteiger partial charge in [-0.15, -0.1) is 11.3 Å². The second-order valence-corrected chi connectivity index (χ2v) is 6.66. The van der Waals surface area contributed by atoms with Gasteiger partial charge in [-0.05, 0) is 18.6 Å². The Morgan fingerprint density at radius 3 is 2.68 bits per heavy atom. The zero-order chi connectivity index (χ0) is 14.0. The van der Waals surface area contributed by atoms with Gasteiger partial charge in [-0.3, -0.25) is 9.89 Å². The van der Waals surface area contributed by atoms with Crippen LogP contribution in [0.2, 0.25) is 0 Å². The van der Waals surface area contributed by atoms with Gasteiger partial charge < -0.3 is 5.32 Å². The second kappa shape index (κ2) is 5.17. The van der Waals surface area contributed by atoms with Gasteiger partial charge in [0.25, 0.3) is 5.91 Å². The summed E-state index contributed by atoms with van der Waals surface area (Å²) >= 11 is 1.52. The highest BCUT2D eigenvalue weighted by atomic mass is 32.1. The Hall–Kier alpha value is -1.62. The lowest BCUT2D eigenvalue weighted by Gasteiger charge is -2.14. The average molecular weight is 277 g/mol. The fourth-order valence-electron chi connectivity index (χ4n) is 1.64. The van der Waals surface area contributed by atoms with E-state index in [-0.39, 0.29) is 11.3 Å². The molecule has 4 nitrogen and oxygen atoms in total. The molecule has 0 aliphatic rings. The van der Waals surface area contributed by atoms with E-state index in [1.54, 1.807) is 0 Å². The molecule has 102 valence electrons. The van der Waals surface area contributed by atoms with Crippen LogP contribution in [0, 0.1) is 0 Å². The van der Waals surface area contributed by atoms with Gasteiger partial charge in [0.1, 0.15) is 0 Å². The van der Waals surface area contributed by atoms with E-state index in [1.165, 1.54) is 16.2 Å². The number of anilines is 1. The maximum absolute atomic E-state index is 12.0. The topological polar surface area (TPSA) is 57.8 Å². The number of H-pyrrole nitrogens is 1. The van der Waals surface area contributed by atoms with Gasteiger partial charge in [0.2, 0.25) is 0 Å². The van der Waals surface area contributed by atoms with E-state index in [4.69, 9.17) is 0 Å². The highest BCUT2D eigenvalue weighted by molar-refractivity contribution is 7.14. The van der Waals surface area contributed by atoms with Crippen molar-refractivity contribution in [2.24, 2.45) is 0 Å². The van der Waals surface area contributed by atoms with Crippen LogP contribution in [-0.4, -0.2) is 16.1 Å². The molecule has 0 saturated heterocycles. The predicted molar refractivity (Wildman–Crippen MR) is 78.9 cm³/mol.